The lowest BCUT2D eigenvalue weighted by molar-refractivity contribution is 0.0929. The number of carbonyl (C=O) groups is 1. The molecule has 1 aromatic rings. The molecule has 0 aliphatic carbocycles. The minimum absolute atomic E-state index is 0.0322. The Kier molecular flexibility index (Phi) is 3.63. The summed E-state index contributed by atoms with van der Waals surface area (Å²) >= 11 is 0. The van der Waals surface area contributed by atoms with Gasteiger partial charge in [-0.1, -0.05) is 0 Å². The molecular formula is C15H22N4O. The van der Waals surface area contributed by atoms with Crippen molar-refractivity contribution in [3.05, 3.63) is 29.3 Å². The van der Waals surface area contributed by atoms with Crippen molar-refractivity contribution in [1.29, 1.82) is 0 Å². The standard InChI is InChI=1S/C15H22N4O/c1-10-9-11(18-16)4-5-12(10)15(20)17-13-6-8-19-7-2-3-14(13)19/h4-5,9,13-14,18H,2-3,6-8,16H2,1H3,(H,17,20). The zero-order chi connectivity index (χ0) is 14.1. The number of nitrogen functional groups attached to an aromatic ring is 1. The number of hydrazine groups is 1. The molecule has 5 heteroatoms. The van der Waals surface area contributed by atoms with Gasteiger partial charge in [-0.05, 0) is 56.5 Å². The van der Waals surface area contributed by atoms with Crippen molar-refractivity contribution in [2.45, 2.75) is 38.3 Å². The van der Waals surface area contributed by atoms with Crippen LogP contribution in [0.3, 0.4) is 0 Å². The number of amides is 1. The van der Waals surface area contributed by atoms with Crippen LogP contribution in [0, 0.1) is 6.92 Å². The topological polar surface area (TPSA) is 70.4 Å². The number of hydrogen-bond acceptors (Lipinski definition) is 4. The molecule has 0 bridgehead atoms. The Balaban J connectivity index is 1.70. The van der Waals surface area contributed by atoms with Crippen molar-refractivity contribution >= 4 is 11.6 Å². The first-order valence-electron chi connectivity index (χ1n) is 7.31. The first kappa shape index (κ1) is 13.4. The fourth-order valence-electron chi connectivity index (χ4n) is 3.51. The third-order valence-corrected chi connectivity index (χ3v) is 4.56. The van der Waals surface area contributed by atoms with E-state index in [0.717, 1.165) is 29.8 Å². The van der Waals surface area contributed by atoms with Crippen LogP contribution >= 0.6 is 0 Å². The van der Waals surface area contributed by atoms with Gasteiger partial charge in [0.2, 0.25) is 0 Å². The van der Waals surface area contributed by atoms with E-state index < -0.39 is 0 Å². The Morgan fingerprint density at radius 3 is 2.95 bits per heavy atom. The molecule has 2 aliphatic rings. The molecule has 4 N–H and O–H groups in total. The SMILES string of the molecule is Cc1cc(NN)ccc1C(=O)NC1CCN2CCCC12. The number of benzene rings is 1. The number of rotatable bonds is 3. The van der Waals surface area contributed by atoms with Crippen LogP contribution in [0.2, 0.25) is 0 Å². The van der Waals surface area contributed by atoms with Gasteiger partial charge in [0.05, 0.1) is 0 Å². The summed E-state index contributed by atoms with van der Waals surface area (Å²) in [5.41, 5.74) is 5.10. The van der Waals surface area contributed by atoms with E-state index in [0.29, 0.717) is 12.1 Å². The molecule has 2 unspecified atom stereocenters. The zero-order valence-corrected chi connectivity index (χ0v) is 11.9. The first-order chi connectivity index (χ1) is 9.69. The predicted molar refractivity (Wildman–Crippen MR) is 79.5 cm³/mol. The van der Waals surface area contributed by atoms with Crippen LogP contribution in [0.1, 0.15) is 35.2 Å². The zero-order valence-electron chi connectivity index (χ0n) is 11.9. The highest BCUT2D eigenvalue weighted by Gasteiger charge is 2.37. The van der Waals surface area contributed by atoms with Gasteiger partial charge >= 0.3 is 0 Å². The Labute approximate surface area is 119 Å². The lowest BCUT2D eigenvalue weighted by Gasteiger charge is -2.21. The number of nitrogens with zero attached hydrogens (tertiary/aromatic N) is 1. The molecule has 3 rings (SSSR count). The molecule has 0 aromatic heterocycles. The van der Waals surface area contributed by atoms with E-state index in [9.17, 15) is 4.79 Å². The van der Waals surface area contributed by atoms with Gasteiger partial charge in [-0.25, -0.2) is 0 Å². The average molecular weight is 274 g/mol. The maximum Gasteiger partial charge on any atom is 0.251 e. The van der Waals surface area contributed by atoms with Crippen LogP contribution in [-0.4, -0.2) is 36.0 Å². The molecule has 1 amide bonds. The summed E-state index contributed by atoms with van der Waals surface area (Å²) in [6, 6.07) is 6.41. The number of hydrogen-bond donors (Lipinski definition) is 3. The van der Waals surface area contributed by atoms with E-state index in [2.05, 4.69) is 15.6 Å². The molecule has 1 aromatic carbocycles. The molecule has 2 fully saturated rings. The lowest BCUT2D eigenvalue weighted by atomic mass is 10.0. The van der Waals surface area contributed by atoms with Crippen LogP contribution in [-0.2, 0) is 0 Å². The van der Waals surface area contributed by atoms with E-state index in [1.165, 1.54) is 19.4 Å². The summed E-state index contributed by atoms with van der Waals surface area (Å²) in [5, 5.41) is 3.21. The van der Waals surface area contributed by atoms with Crippen LogP contribution < -0.4 is 16.6 Å². The second kappa shape index (κ2) is 5.42. The fraction of sp³-hybridized carbons (Fsp3) is 0.533. The van der Waals surface area contributed by atoms with E-state index in [1.807, 2.05) is 25.1 Å². The Hall–Kier alpha value is -1.59. The fourth-order valence-corrected chi connectivity index (χ4v) is 3.51. The number of nitrogens with one attached hydrogen (secondary N) is 2. The average Bonchev–Trinajstić information content (AvgIpc) is 3.03. The quantitative estimate of drug-likeness (QED) is 0.573. The Bertz CT molecular complexity index is 517. The maximum absolute atomic E-state index is 12.4. The molecule has 5 nitrogen and oxygen atoms in total. The molecule has 2 atom stereocenters. The van der Waals surface area contributed by atoms with E-state index in [-0.39, 0.29) is 5.91 Å². The minimum Gasteiger partial charge on any atom is -0.348 e. The van der Waals surface area contributed by atoms with Crippen LogP contribution in [0.4, 0.5) is 5.69 Å². The maximum atomic E-state index is 12.4. The highest BCUT2D eigenvalue weighted by Crippen LogP contribution is 2.28. The molecule has 0 radical (unpaired) electrons. The van der Waals surface area contributed by atoms with Crippen molar-refractivity contribution in [1.82, 2.24) is 10.2 Å². The molecule has 20 heavy (non-hydrogen) atoms. The minimum atomic E-state index is 0.0322. The third-order valence-electron chi connectivity index (χ3n) is 4.56. The molecule has 2 aliphatic heterocycles. The lowest BCUT2D eigenvalue weighted by Crippen LogP contribution is -2.42. The molecule has 0 saturated carbocycles. The van der Waals surface area contributed by atoms with E-state index in [4.69, 9.17) is 5.84 Å². The van der Waals surface area contributed by atoms with Crippen molar-refractivity contribution in [3.8, 4) is 0 Å². The summed E-state index contributed by atoms with van der Waals surface area (Å²) in [4.78, 5) is 14.9. The number of anilines is 1. The highest BCUT2D eigenvalue weighted by molar-refractivity contribution is 5.96. The van der Waals surface area contributed by atoms with Gasteiger partial charge in [0.1, 0.15) is 0 Å². The van der Waals surface area contributed by atoms with Crippen molar-refractivity contribution in [2.24, 2.45) is 5.84 Å². The van der Waals surface area contributed by atoms with Gasteiger partial charge < -0.3 is 10.7 Å². The van der Waals surface area contributed by atoms with E-state index >= 15 is 0 Å². The van der Waals surface area contributed by atoms with Crippen molar-refractivity contribution in [2.75, 3.05) is 18.5 Å². The van der Waals surface area contributed by atoms with E-state index in [1.54, 1.807) is 0 Å². The molecule has 2 saturated heterocycles. The summed E-state index contributed by atoms with van der Waals surface area (Å²) < 4.78 is 0. The number of aryl methyl sites for hydroxylation is 1. The second-order valence-electron chi connectivity index (χ2n) is 5.79. The van der Waals surface area contributed by atoms with Crippen LogP contribution in [0.25, 0.3) is 0 Å². The normalized spacial score (nSPS) is 25.5. The smallest absolute Gasteiger partial charge is 0.251 e. The monoisotopic (exact) mass is 274 g/mol. The summed E-state index contributed by atoms with van der Waals surface area (Å²) in [6.45, 7) is 4.24. The Morgan fingerprint density at radius 2 is 2.20 bits per heavy atom. The van der Waals surface area contributed by atoms with Crippen molar-refractivity contribution in [3.63, 3.8) is 0 Å². The number of carbonyl (C=O) groups excluding carboxylic acids is 1. The largest absolute Gasteiger partial charge is 0.348 e. The third kappa shape index (κ3) is 2.39. The van der Waals surface area contributed by atoms with Gasteiger partial charge in [0.25, 0.3) is 5.91 Å². The number of nitrogens with two attached hydrogens (primary N) is 1. The molecular weight excluding hydrogens is 252 g/mol. The summed E-state index contributed by atoms with van der Waals surface area (Å²) in [5.74, 6) is 5.41. The van der Waals surface area contributed by atoms with Gasteiger partial charge in [-0.2, -0.15) is 0 Å². The predicted octanol–water partition coefficient (Wildman–Crippen LogP) is 1.25. The Morgan fingerprint density at radius 1 is 1.35 bits per heavy atom. The number of fused-ring (bicyclic) bond motifs is 1. The highest BCUT2D eigenvalue weighted by atomic mass is 16.1. The van der Waals surface area contributed by atoms with Gasteiger partial charge in [-0.3, -0.25) is 15.5 Å². The first-order valence-corrected chi connectivity index (χ1v) is 7.31. The molecule has 0 spiro atoms. The summed E-state index contributed by atoms with van der Waals surface area (Å²) in [7, 11) is 0. The molecule has 2 heterocycles. The van der Waals surface area contributed by atoms with Crippen molar-refractivity contribution < 1.29 is 4.79 Å². The van der Waals surface area contributed by atoms with Gasteiger partial charge in [0, 0.05) is 29.9 Å². The van der Waals surface area contributed by atoms with Crippen LogP contribution in [0.5, 0.6) is 0 Å². The summed E-state index contributed by atoms with van der Waals surface area (Å²) in [6.07, 6.45) is 3.53. The van der Waals surface area contributed by atoms with Gasteiger partial charge in [0.15, 0.2) is 0 Å². The van der Waals surface area contributed by atoms with Gasteiger partial charge in [-0.15, -0.1) is 0 Å². The van der Waals surface area contributed by atoms with Crippen LogP contribution in [0.15, 0.2) is 18.2 Å². The molecule has 108 valence electrons. The second-order valence-corrected chi connectivity index (χ2v) is 5.79.